The minimum Gasteiger partial charge on any atom is -0.396 e. The van der Waals surface area contributed by atoms with Crippen molar-refractivity contribution < 1.29 is 15.0 Å². The molecule has 0 aromatic rings. The first-order chi connectivity index (χ1) is 5.09. The molecule has 0 aromatic heterocycles. The van der Waals surface area contributed by atoms with Crippen LogP contribution in [0.5, 0.6) is 0 Å². The Bertz CT molecular complexity index is 102. The largest absolute Gasteiger partial charge is 0.396 e. The van der Waals surface area contributed by atoms with Gasteiger partial charge in [-0.3, -0.25) is 0 Å². The summed E-state index contributed by atoms with van der Waals surface area (Å²) in [7, 11) is 0. The molecule has 4 N–H and O–H groups in total. The summed E-state index contributed by atoms with van der Waals surface area (Å²) in [6.07, 6.45) is 0. The third kappa shape index (κ3) is 13.3. The number of aliphatic hydroxyl groups excluding tert-OH is 1. The average molecular weight is 246 g/mol. The van der Waals surface area contributed by atoms with Crippen molar-refractivity contribution in [2.24, 2.45) is 5.73 Å². The van der Waals surface area contributed by atoms with Gasteiger partial charge >= 0.3 is 49.0 Å². The number of carboxylic acid groups (broad SMARTS) is 1. The van der Waals surface area contributed by atoms with Crippen molar-refractivity contribution >= 4 is 34.6 Å². The van der Waals surface area contributed by atoms with Gasteiger partial charge in [-0.05, 0) is 0 Å². The van der Waals surface area contributed by atoms with Crippen LogP contribution in [-0.4, -0.2) is 50.6 Å². The number of thiol groups is 1. The predicted molar refractivity (Wildman–Crippen MR) is 48.5 cm³/mol. The fraction of sp³-hybridized carbons (Fsp3) is 0.800. The van der Waals surface area contributed by atoms with Crippen molar-refractivity contribution in [3.8, 4) is 0 Å². The second-order valence-electron chi connectivity index (χ2n) is 1.57. The van der Waals surface area contributed by atoms with E-state index >= 15 is 0 Å². The molecule has 68 valence electrons. The van der Waals surface area contributed by atoms with Gasteiger partial charge in [-0.15, -0.1) is 0 Å². The molecule has 1 atom stereocenters. The fourth-order valence-corrected chi connectivity index (χ4v) is 0.406. The van der Waals surface area contributed by atoms with E-state index in [9.17, 15) is 4.79 Å². The average Bonchev–Trinajstić information content (AvgIpc) is 2.03. The van der Waals surface area contributed by atoms with Gasteiger partial charge in [0.2, 0.25) is 0 Å². The van der Waals surface area contributed by atoms with Crippen LogP contribution in [0, 0.1) is 0 Å². The molecule has 0 radical (unpaired) electrons. The number of rotatable bonds is 3. The van der Waals surface area contributed by atoms with Crippen LogP contribution in [0.3, 0.4) is 0 Å². The summed E-state index contributed by atoms with van der Waals surface area (Å²) in [6.45, 7) is 0.184. The van der Waals surface area contributed by atoms with E-state index in [0.29, 0.717) is 11.1 Å². The quantitative estimate of drug-likeness (QED) is 0.365. The molecule has 0 aliphatic carbocycles. The van der Waals surface area contributed by atoms with E-state index in [1.54, 1.807) is 0 Å². The Kier molecular flexibility index (Phi) is 12.9. The van der Waals surface area contributed by atoms with Gasteiger partial charge in [0, 0.05) is 5.75 Å². The van der Waals surface area contributed by atoms with Crippen LogP contribution in [0.25, 0.3) is 0 Å². The zero-order valence-electron chi connectivity index (χ0n) is 5.97. The standard InChI is InChI=1S/C3H7NO2Se.C2H6OS/c4-2(1-7)3(5)6;3-1-2-4/h2,7H,1,4H2,(H,5,6);3-4H,1-2H2/t2-;/m0./s1. The number of hydrogen-bond acceptors (Lipinski definition) is 4. The monoisotopic (exact) mass is 247 g/mol. The van der Waals surface area contributed by atoms with Gasteiger partial charge in [0.1, 0.15) is 0 Å². The molecule has 0 aliphatic rings. The van der Waals surface area contributed by atoms with E-state index in [0.717, 1.165) is 0 Å². The molecule has 0 aliphatic heterocycles. The van der Waals surface area contributed by atoms with Crippen molar-refractivity contribution in [1.82, 2.24) is 0 Å². The first-order valence-corrected chi connectivity index (χ1v) is 4.87. The smallest absolute Gasteiger partial charge is 0.0519 e. The van der Waals surface area contributed by atoms with Crippen molar-refractivity contribution in [3.05, 3.63) is 0 Å². The van der Waals surface area contributed by atoms with Gasteiger partial charge in [0.05, 0.1) is 6.61 Å². The number of aliphatic hydroxyl groups is 1. The molecule has 0 heterocycles. The van der Waals surface area contributed by atoms with Crippen LogP contribution < -0.4 is 5.73 Å². The molecular weight excluding hydrogens is 233 g/mol. The maximum absolute atomic E-state index is 9.80. The summed E-state index contributed by atoms with van der Waals surface area (Å²) in [4.78, 5) is 9.80. The molecule has 0 saturated carbocycles. The van der Waals surface area contributed by atoms with Crippen LogP contribution in [0.4, 0.5) is 0 Å². The van der Waals surface area contributed by atoms with E-state index < -0.39 is 12.0 Å². The number of nitrogens with two attached hydrogens (primary N) is 1. The summed E-state index contributed by atoms with van der Waals surface area (Å²) < 4.78 is 0. The van der Waals surface area contributed by atoms with Gasteiger partial charge in [-0.2, -0.15) is 12.6 Å². The molecule has 0 unspecified atom stereocenters. The molecule has 0 aromatic carbocycles. The summed E-state index contributed by atoms with van der Waals surface area (Å²) >= 11 is 5.80. The third-order valence-corrected chi connectivity index (χ3v) is 1.64. The molecular formula is C5H13NO3SSe. The summed E-state index contributed by atoms with van der Waals surface area (Å²) in [5, 5.41) is 16.3. The van der Waals surface area contributed by atoms with E-state index in [1.165, 1.54) is 0 Å². The van der Waals surface area contributed by atoms with Gasteiger partial charge < -0.3 is 5.11 Å². The Morgan fingerprint density at radius 2 is 2.09 bits per heavy atom. The molecule has 0 fully saturated rings. The third-order valence-electron chi connectivity index (χ3n) is 0.614. The molecule has 0 saturated heterocycles. The van der Waals surface area contributed by atoms with Crippen molar-refractivity contribution in [2.75, 3.05) is 12.4 Å². The van der Waals surface area contributed by atoms with Gasteiger partial charge in [-0.1, -0.05) is 0 Å². The Balaban J connectivity index is 0. The molecule has 11 heavy (non-hydrogen) atoms. The Morgan fingerprint density at radius 3 is 2.09 bits per heavy atom. The normalized spacial score (nSPS) is 11.3. The predicted octanol–water partition coefficient (Wildman–Crippen LogP) is -1.37. The number of carboxylic acids is 1. The van der Waals surface area contributed by atoms with Crippen molar-refractivity contribution in [1.29, 1.82) is 0 Å². The van der Waals surface area contributed by atoms with Gasteiger partial charge in [0.15, 0.2) is 0 Å². The second-order valence-corrected chi connectivity index (χ2v) is 2.79. The van der Waals surface area contributed by atoms with Gasteiger partial charge in [-0.25, -0.2) is 0 Å². The second kappa shape index (κ2) is 10.3. The first kappa shape index (κ1) is 13.8. The number of aliphatic carboxylic acids is 1. The molecule has 4 nitrogen and oxygen atoms in total. The molecule has 0 spiro atoms. The van der Waals surface area contributed by atoms with Crippen molar-refractivity contribution in [2.45, 2.75) is 11.4 Å². The number of carbonyl (C=O) groups is 1. The maximum Gasteiger partial charge on any atom is 0.0519 e. The van der Waals surface area contributed by atoms with Crippen LogP contribution >= 0.6 is 12.6 Å². The summed E-state index contributed by atoms with van der Waals surface area (Å²) in [5.41, 5.74) is 5.00. The van der Waals surface area contributed by atoms with E-state index in [1.807, 2.05) is 0 Å². The minimum atomic E-state index is -0.944. The molecule has 0 rings (SSSR count). The fourth-order valence-electron chi connectivity index (χ4n) is 0.0781. The topological polar surface area (TPSA) is 83.6 Å². The Morgan fingerprint density at radius 1 is 1.73 bits per heavy atom. The van der Waals surface area contributed by atoms with Gasteiger partial charge in [0.25, 0.3) is 0 Å². The first-order valence-electron chi connectivity index (χ1n) is 2.91. The van der Waals surface area contributed by atoms with E-state index in [2.05, 4.69) is 28.6 Å². The van der Waals surface area contributed by atoms with Crippen LogP contribution in [0.15, 0.2) is 0 Å². The Labute approximate surface area is 79.4 Å². The Hall–Kier alpha value is 0.259. The summed E-state index contributed by atoms with van der Waals surface area (Å²) in [5.74, 6) is -0.374. The number of hydrogen-bond donors (Lipinski definition) is 4. The molecule has 0 bridgehead atoms. The molecule has 6 heteroatoms. The van der Waals surface area contributed by atoms with Crippen LogP contribution in [0.2, 0.25) is 5.32 Å². The van der Waals surface area contributed by atoms with Crippen LogP contribution in [0.1, 0.15) is 0 Å². The zero-order chi connectivity index (χ0) is 9.28. The van der Waals surface area contributed by atoms with E-state index in [4.69, 9.17) is 15.9 Å². The van der Waals surface area contributed by atoms with Crippen LogP contribution in [-0.2, 0) is 4.79 Å². The summed E-state index contributed by atoms with van der Waals surface area (Å²) in [6, 6.07) is -0.708. The van der Waals surface area contributed by atoms with Crippen molar-refractivity contribution in [3.63, 3.8) is 0 Å². The maximum atomic E-state index is 9.80. The zero-order valence-corrected chi connectivity index (χ0v) is 8.74. The molecule has 0 amide bonds. The minimum absolute atomic E-state index is 0.184. The SMILES string of the molecule is N[C@@H](C[SeH])C(=O)O.OCCS. The van der Waals surface area contributed by atoms with E-state index in [-0.39, 0.29) is 6.61 Å².